The van der Waals surface area contributed by atoms with Gasteiger partial charge >= 0.3 is 7.12 Å². The third-order valence-electron chi connectivity index (χ3n) is 7.69. The summed E-state index contributed by atoms with van der Waals surface area (Å²) in [5, 5.41) is 18.4. The van der Waals surface area contributed by atoms with Crippen molar-refractivity contribution < 1.29 is 14.2 Å². The van der Waals surface area contributed by atoms with E-state index < -0.39 is 7.12 Å². The summed E-state index contributed by atoms with van der Waals surface area (Å²) in [5.74, 6) is 0.672. The third-order valence-corrected chi connectivity index (χ3v) is 7.90. The Morgan fingerprint density at radius 3 is 2.70 bits per heavy atom. The van der Waals surface area contributed by atoms with E-state index in [0.717, 1.165) is 53.9 Å². The highest BCUT2D eigenvalue weighted by molar-refractivity contribution is 6.62. The number of anilines is 2. The highest BCUT2D eigenvalue weighted by Gasteiger charge is 2.26. The van der Waals surface area contributed by atoms with Gasteiger partial charge in [-0.3, -0.25) is 4.79 Å². The first-order valence-electron chi connectivity index (χ1n) is 13.6. The number of aromatic nitrogens is 1. The van der Waals surface area contributed by atoms with Crippen molar-refractivity contribution >= 4 is 52.9 Å². The van der Waals surface area contributed by atoms with Gasteiger partial charge in [0.15, 0.2) is 5.43 Å². The van der Waals surface area contributed by atoms with Crippen LogP contribution in [-0.4, -0.2) is 36.4 Å². The van der Waals surface area contributed by atoms with E-state index in [1.165, 1.54) is 6.42 Å². The van der Waals surface area contributed by atoms with Crippen LogP contribution in [0.2, 0.25) is 5.15 Å². The molecule has 0 saturated carbocycles. The molecule has 2 N–H and O–H groups in total. The molecule has 0 bridgehead atoms. The van der Waals surface area contributed by atoms with E-state index in [9.17, 15) is 9.82 Å². The summed E-state index contributed by atoms with van der Waals surface area (Å²) >= 11 is 6.33. The number of pyridine rings is 1. The third kappa shape index (κ3) is 4.84. The standard InChI is InChI=1S/C30H30BClN4O4/c1-17-13-22(29-23(14-17)28(37)18(2)30(39-29)36-11-5-4-6-12-36)19(3)34-25-9-10-26(32)35-27(25)20-7-8-24-21(15-20)16-33-40-31(24)38/h7-10,13-16,19,34,38H,4-6,11-12H2,1-3H3/t19-/m1/s1. The van der Waals surface area contributed by atoms with Gasteiger partial charge < -0.3 is 24.4 Å². The van der Waals surface area contributed by atoms with Crippen LogP contribution in [0.15, 0.2) is 56.8 Å². The van der Waals surface area contributed by atoms with Crippen molar-refractivity contribution in [3.63, 3.8) is 0 Å². The molecule has 10 heteroatoms. The van der Waals surface area contributed by atoms with Crippen LogP contribution in [0.4, 0.5) is 11.6 Å². The second-order valence-corrected chi connectivity index (χ2v) is 11.0. The fraction of sp³-hybridized carbons (Fsp3) is 0.300. The van der Waals surface area contributed by atoms with Crippen LogP contribution in [0.5, 0.6) is 0 Å². The summed E-state index contributed by atoms with van der Waals surface area (Å²) in [6, 6.07) is 12.9. The quantitative estimate of drug-likeness (QED) is 0.253. The number of hydrogen-bond acceptors (Lipinski definition) is 8. The highest BCUT2D eigenvalue weighted by Crippen LogP contribution is 2.35. The van der Waals surface area contributed by atoms with E-state index in [0.29, 0.717) is 38.7 Å². The smallest absolute Gasteiger partial charge is 0.440 e. The molecule has 1 saturated heterocycles. The molecular formula is C30H30BClN4O4. The summed E-state index contributed by atoms with van der Waals surface area (Å²) in [5.41, 5.74) is 6.73. The number of rotatable bonds is 5. The molecule has 0 radical (unpaired) electrons. The topological polar surface area (TPSA) is 100 Å². The van der Waals surface area contributed by atoms with Crippen LogP contribution in [0.3, 0.4) is 0 Å². The number of halogens is 1. The summed E-state index contributed by atoms with van der Waals surface area (Å²) < 4.78 is 11.5. The molecule has 1 fully saturated rings. The van der Waals surface area contributed by atoms with Crippen LogP contribution in [0.25, 0.3) is 22.2 Å². The molecule has 2 aliphatic heterocycles. The number of hydrogen-bond donors (Lipinski definition) is 2. The summed E-state index contributed by atoms with van der Waals surface area (Å²) in [6.07, 6.45) is 4.94. The summed E-state index contributed by atoms with van der Waals surface area (Å²) in [4.78, 5) is 20.3. The van der Waals surface area contributed by atoms with Gasteiger partial charge in [-0.15, -0.1) is 5.16 Å². The van der Waals surface area contributed by atoms with E-state index >= 15 is 0 Å². The molecule has 1 atom stereocenters. The number of piperidine rings is 1. The number of benzene rings is 2. The zero-order valence-electron chi connectivity index (χ0n) is 22.7. The zero-order valence-corrected chi connectivity index (χ0v) is 23.5. The molecule has 0 amide bonds. The average molecular weight is 557 g/mol. The molecule has 0 unspecified atom stereocenters. The van der Waals surface area contributed by atoms with Crippen molar-refractivity contribution in [3.8, 4) is 11.3 Å². The minimum atomic E-state index is -1.11. The molecule has 4 heterocycles. The second-order valence-electron chi connectivity index (χ2n) is 10.6. The number of fused-ring (bicyclic) bond motifs is 2. The molecule has 4 aromatic rings. The van der Waals surface area contributed by atoms with Crippen LogP contribution >= 0.6 is 11.6 Å². The fourth-order valence-corrected chi connectivity index (χ4v) is 5.77. The van der Waals surface area contributed by atoms with Crippen LogP contribution in [0, 0.1) is 13.8 Å². The van der Waals surface area contributed by atoms with E-state index in [4.69, 9.17) is 20.8 Å². The number of oxime groups is 1. The second kappa shape index (κ2) is 10.6. The molecule has 204 valence electrons. The lowest BCUT2D eigenvalue weighted by molar-refractivity contribution is 0.286. The van der Waals surface area contributed by atoms with Crippen LogP contribution in [-0.2, 0) is 4.76 Å². The molecule has 0 spiro atoms. The first-order chi connectivity index (χ1) is 19.3. The Balaban J connectivity index is 1.42. The summed E-state index contributed by atoms with van der Waals surface area (Å²) in [7, 11) is -1.11. The van der Waals surface area contributed by atoms with Gasteiger partial charge in [0.25, 0.3) is 0 Å². The predicted octanol–water partition coefficient (Wildman–Crippen LogP) is 5.34. The fourth-order valence-electron chi connectivity index (χ4n) is 5.62. The van der Waals surface area contributed by atoms with Gasteiger partial charge in [-0.2, -0.15) is 0 Å². The lowest BCUT2D eigenvalue weighted by Crippen LogP contribution is -2.37. The Hall–Kier alpha value is -3.82. The summed E-state index contributed by atoms with van der Waals surface area (Å²) in [6.45, 7) is 7.67. The first-order valence-corrected chi connectivity index (χ1v) is 14.0. The Morgan fingerprint density at radius 1 is 1.10 bits per heavy atom. The first kappa shape index (κ1) is 26.4. The van der Waals surface area contributed by atoms with Crippen molar-refractivity contribution in [2.45, 2.75) is 46.1 Å². The molecule has 0 aliphatic carbocycles. The maximum Gasteiger partial charge on any atom is 0.583 e. The Morgan fingerprint density at radius 2 is 1.90 bits per heavy atom. The monoisotopic (exact) mass is 556 g/mol. The van der Waals surface area contributed by atoms with Gasteiger partial charge in [-0.25, -0.2) is 4.98 Å². The van der Waals surface area contributed by atoms with Crippen molar-refractivity contribution in [2.24, 2.45) is 5.16 Å². The molecular weight excluding hydrogens is 527 g/mol. The average Bonchev–Trinajstić information content (AvgIpc) is 2.96. The van der Waals surface area contributed by atoms with Crippen LogP contribution in [0.1, 0.15) is 54.5 Å². The Labute approximate surface area is 237 Å². The number of nitrogens with zero attached hydrogens (tertiary/aromatic N) is 3. The maximum atomic E-state index is 13.5. The lowest BCUT2D eigenvalue weighted by Gasteiger charge is -2.29. The molecule has 2 aromatic heterocycles. The minimum absolute atomic E-state index is 0.00899. The Kier molecular flexibility index (Phi) is 7.02. The Bertz CT molecular complexity index is 1700. The molecule has 2 aromatic carbocycles. The van der Waals surface area contributed by atoms with E-state index in [2.05, 4.69) is 26.4 Å². The number of nitrogens with one attached hydrogen (secondary N) is 1. The number of aryl methyl sites for hydroxylation is 1. The molecule has 6 rings (SSSR count). The van der Waals surface area contributed by atoms with Crippen LogP contribution < -0.4 is 21.1 Å². The minimum Gasteiger partial charge on any atom is -0.440 e. The van der Waals surface area contributed by atoms with Gasteiger partial charge in [0.05, 0.1) is 34.6 Å². The lowest BCUT2D eigenvalue weighted by atomic mass is 9.75. The zero-order chi connectivity index (χ0) is 28.0. The van der Waals surface area contributed by atoms with Gasteiger partial charge in [0, 0.05) is 29.7 Å². The van der Waals surface area contributed by atoms with Gasteiger partial charge in [0.1, 0.15) is 10.7 Å². The maximum absolute atomic E-state index is 13.5. The largest absolute Gasteiger partial charge is 0.583 e. The molecule has 40 heavy (non-hydrogen) atoms. The van der Waals surface area contributed by atoms with Crippen molar-refractivity contribution in [2.75, 3.05) is 23.3 Å². The van der Waals surface area contributed by atoms with Crippen molar-refractivity contribution in [1.29, 1.82) is 0 Å². The van der Waals surface area contributed by atoms with Gasteiger partial charge in [-0.1, -0.05) is 29.8 Å². The van der Waals surface area contributed by atoms with Gasteiger partial charge in [-0.05, 0) is 75.4 Å². The SMILES string of the molecule is Cc1cc([C@@H](C)Nc2ccc(Cl)nc2-c2ccc3c(c2)C=NOB3O)c2oc(N3CCCCC3)c(C)c(=O)c2c1. The van der Waals surface area contributed by atoms with E-state index in [1.807, 2.05) is 45.0 Å². The molecule has 2 aliphatic rings. The van der Waals surface area contributed by atoms with Crippen molar-refractivity contribution in [1.82, 2.24) is 4.98 Å². The van der Waals surface area contributed by atoms with E-state index in [1.54, 1.807) is 18.3 Å². The highest BCUT2D eigenvalue weighted by atomic mass is 35.5. The molecule has 8 nitrogen and oxygen atoms in total. The van der Waals surface area contributed by atoms with E-state index in [-0.39, 0.29) is 11.5 Å². The normalized spacial score (nSPS) is 15.6. The van der Waals surface area contributed by atoms with Crippen molar-refractivity contribution in [3.05, 3.63) is 80.1 Å². The van der Waals surface area contributed by atoms with Gasteiger partial charge in [0.2, 0.25) is 5.88 Å². The predicted molar refractivity (Wildman–Crippen MR) is 161 cm³/mol.